The van der Waals surface area contributed by atoms with E-state index in [1.165, 1.54) is 0 Å². The first-order chi connectivity index (χ1) is 13.0. The number of carbonyl (C=O) groups is 2. The molecule has 0 unspecified atom stereocenters. The third kappa shape index (κ3) is 2.45. The van der Waals surface area contributed by atoms with Gasteiger partial charge in [0.05, 0.1) is 24.5 Å². The molecule has 2 fully saturated rings. The lowest BCUT2D eigenvalue weighted by atomic mass is 9.76. The fourth-order valence-electron chi connectivity index (χ4n) is 4.65. The number of ether oxygens (including phenoxy) is 3. The second-order valence-electron chi connectivity index (χ2n) is 7.95. The molecule has 4 aliphatic rings. The lowest BCUT2D eigenvalue weighted by molar-refractivity contribution is -0.138. The maximum absolute atomic E-state index is 13.2. The van der Waals surface area contributed by atoms with Crippen LogP contribution in [0.15, 0.2) is 30.4 Å². The molecule has 1 N–H and O–H groups in total. The smallest absolute Gasteiger partial charge is 0.231 e. The first kappa shape index (κ1) is 16.6. The summed E-state index contributed by atoms with van der Waals surface area (Å²) < 4.78 is 16.9. The minimum absolute atomic E-state index is 0.0246. The zero-order chi connectivity index (χ0) is 18.8. The van der Waals surface area contributed by atoms with Gasteiger partial charge < -0.3 is 24.4 Å². The topological polar surface area (TPSA) is 77.1 Å². The van der Waals surface area contributed by atoms with Crippen molar-refractivity contribution in [2.45, 2.75) is 38.1 Å². The van der Waals surface area contributed by atoms with Gasteiger partial charge in [-0.2, -0.15) is 0 Å². The molecule has 0 aliphatic carbocycles. The van der Waals surface area contributed by atoms with Crippen molar-refractivity contribution in [3.8, 4) is 11.5 Å². The second-order valence-corrected chi connectivity index (χ2v) is 7.95. The summed E-state index contributed by atoms with van der Waals surface area (Å²) in [4.78, 5) is 27.7. The van der Waals surface area contributed by atoms with Gasteiger partial charge in [-0.15, -0.1) is 0 Å². The highest BCUT2D eigenvalue weighted by Crippen LogP contribution is 2.52. The highest BCUT2D eigenvalue weighted by atomic mass is 16.7. The van der Waals surface area contributed by atoms with E-state index in [0.717, 1.165) is 11.3 Å². The summed E-state index contributed by atoms with van der Waals surface area (Å²) in [7, 11) is 0. The Kier molecular flexibility index (Phi) is 3.53. The van der Waals surface area contributed by atoms with E-state index in [9.17, 15) is 9.59 Å². The first-order valence-corrected chi connectivity index (χ1v) is 9.32. The molecule has 0 aromatic heterocycles. The maximum Gasteiger partial charge on any atom is 0.231 e. The van der Waals surface area contributed by atoms with Gasteiger partial charge in [-0.3, -0.25) is 9.59 Å². The molecule has 0 saturated carbocycles. The first-order valence-electron chi connectivity index (χ1n) is 9.32. The summed E-state index contributed by atoms with van der Waals surface area (Å²) in [6.07, 6.45) is 3.59. The number of hydrogen-bond donors (Lipinski definition) is 1. The van der Waals surface area contributed by atoms with Gasteiger partial charge in [-0.05, 0) is 31.5 Å². The van der Waals surface area contributed by atoms with Gasteiger partial charge >= 0.3 is 0 Å². The van der Waals surface area contributed by atoms with Crippen LogP contribution in [0.1, 0.15) is 19.4 Å². The van der Waals surface area contributed by atoms with Crippen LogP contribution in [-0.4, -0.2) is 47.8 Å². The van der Waals surface area contributed by atoms with Crippen LogP contribution in [0.2, 0.25) is 0 Å². The fraction of sp³-hybridized carbons (Fsp3) is 0.500. The van der Waals surface area contributed by atoms with Crippen molar-refractivity contribution in [3.05, 3.63) is 35.9 Å². The molecule has 27 heavy (non-hydrogen) atoms. The molecule has 142 valence electrons. The number of amides is 2. The molecular weight excluding hydrogens is 348 g/mol. The predicted octanol–water partition coefficient (Wildman–Crippen LogP) is 1.22. The van der Waals surface area contributed by atoms with E-state index in [2.05, 4.69) is 5.32 Å². The molecule has 5 rings (SSSR count). The SMILES string of the molecule is CC(C)NC(=O)[C@H]1[C@H]2C(=O)N(Cc3ccc4c(c3)OCO4)C[C@@]23C=C[C@H]1O3. The van der Waals surface area contributed by atoms with Crippen LogP contribution in [0.5, 0.6) is 11.5 Å². The molecular formula is C20H22N2O5. The number of likely N-dealkylation sites (tertiary alicyclic amines) is 1. The molecule has 1 aromatic rings. The van der Waals surface area contributed by atoms with Crippen LogP contribution in [0.4, 0.5) is 0 Å². The third-order valence-electron chi connectivity index (χ3n) is 5.72. The van der Waals surface area contributed by atoms with Crippen molar-refractivity contribution in [2.24, 2.45) is 11.8 Å². The van der Waals surface area contributed by atoms with E-state index in [4.69, 9.17) is 14.2 Å². The van der Waals surface area contributed by atoms with Crippen molar-refractivity contribution in [1.29, 1.82) is 0 Å². The molecule has 7 nitrogen and oxygen atoms in total. The molecule has 2 bridgehead atoms. The number of carbonyl (C=O) groups excluding carboxylic acids is 2. The number of rotatable bonds is 4. The lowest BCUT2D eigenvalue weighted by Crippen LogP contribution is -2.45. The Morgan fingerprint density at radius 2 is 2.15 bits per heavy atom. The van der Waals surface area contributed by atoms with Crippen LogP contribution in [0.25, 0.3) is 0 Å². The molecule has 0 radical (unpaired) electrons. The summed E-state index contributed by atoms with van der Waals surface area (Å²) in [5.41, 5.74) is 0.280. The van der Waals surface area contributed by atoms with Crippen molar-refractivity contribution >= 4 is 11.8 Å². The minimum atomic E-state index is -0.683. The third-order valence-corrected chi connectivity index (χ3v) is 5.72. The van der Waals surface area contributed by atoms with Crippen LogP contribution >= 0.6 is 0 Å². The lowest BCUT2D eigenvalue weighted by Gasteiger charge is -2.24. The molecule has 7 heteroatoms. The van der Waals surface area contributed by atoms with Crippen LogP contribution in [0.3, 0.4) is 0 Å². The van der Waals surface area contributed by atoms with E-state index < -0.39 is 17.4 Å². The number of hydrogen-bond acceptors (Lipinski definition) is 5. The Labute approximate surface area is 157 Å². The highest BCUT2D eigenvalue weighted by Gasteiger charge is 2.66. The Balaban J connectivity index is 1.38. The second kappa shape index (κ2) is 5.73. The highest BCUT2D eigenvalue weighted by molar-refractivity contribution is 5.93. The molecule has 1 spiro atoms. The Morgan fingerprint density at radius 3 is 2.96 bits per heavy atom. The largest absolute Gasteiger partial charge is 0.454 e. The number of benzene rings is 1. The summed E-state index contributed by atoms with van der Waals surface area (Å²) >= 11 is 0. The van der Waals surface area contributed by atoms with Gasteiger partial charge in [0, 0.05) is 12.6 Å². The van der Waals surface area contributed by atoms with Crippen molar-refractivity contribution in [3.63, 3.8) is 0 Å². The Hall–Kier alpha value is -2.54. The van der Waals surface area contributed by atoms with Gasteiger partial charge in [0.15, 0.2) is 11.5 Å². The number of nitrogens with zero attached hydrogens (tertiary/aromatic N) is 1. The fourth-order valence-corrected chi connectivity index (χ4v) is 4.65. The molecule has 4 atom stereocenters. The van der Waals surface area contributed by atoms with Gasteiger partial charge in [-0.1, -0.05) is 18.2 Å². The minimum Gasteiger partial charge on any atom is -0.454 e. The van der Waals surface area contributed by atoms with Crippen molar-refractivity contribution in [2.75, 3.05) is 13.3 Å². The predicted molar refractivity (Wildman–Crippen MR) is 95.0 cm³/mol. The Morgan fingerprint density at radius 1 is 1.33 bits per heavy atom. The van der Waals surface area contributed by atoms with Gasteiger partial charge in [-0.25, -0.2) is 0 Å². The number of fused-ring (bicyclic) bond motifs is 2. The van der Waals surface area contributed by atoms with E-state index in [0.29, 0.717) is 18.8 Å². The van der Waals surface area contributed by atoms with E-state index in [1.807, 2.05) is 44.2 Å². The molecule has 4 aliphatic heterocycles. The normalized spacial score (nSPS) is 32.5. The average molecular weight is 370 g/mol. The molecule has 1 aromatic carbocycles. The van der Waals surface area contributed by atoms with E-state index in [-0.39, 0.29) is 30.8 Å². The van der Waals surface area contributed by atoms with Crippen LogP contribution in [0, 0.1) is 11.8 Å². The molecule has 2 amide bonds. The van der Waals surface area contributed by atoms with Crippen molar-refractivity contribution in [1.82, 2.24) is 10.2 Å². The number of nitrogens with one attached hydrogen (secondary N) is 1. The average Bonchev–Trinajstić information content (AvgIpc) is 3.35. The van der Waals surface area contributed by atoms with Gasteiger partial charge in [0.2, 0.25) is 18.6 Å². The van der Waals surface area contributed by atoms with Crippen LogP contribution < -0.4 is 14.8 Å². The van der Waals surface area contributed by atoms with Gasteiger partial charge in [0.25, 0.3) is 0 Å². The standard InChI is InChI=1S/C20H22N2O5/c1-11(2)21-18(23)16-14-5-6-20(27-14)9-22(19(24)17(16)20)8-12-3-4-13-15(7-12)26-10-25-13/h3-7,11,14,16-17H,8-10H2,1-2H3,(H,21,23)/t14-,16-,17+,20+/m1/s1. The monoisotopic (exact) mass is 370 g/mol. The summed E-state index contributed by atoms with van der Waals surface area (Å²) in [6.45, 7) is 4.97. The van der Waals surface area contributed by atoms with Gasteiger partial charge in [0.1, 0.15) is 5.60 Å². The van der Waals surface area contributed by atoms with Crippen molar-refractivity contribution < 1.29 is 23.8 Å². The van der Waals surface area contributed by atoms with Crippen LogP contribution in [-0.2, 0) is 20.9 Å². The summed E-state index contributed by atoms with van der Waals surface area (Å²) in [5.74, 6) is 0.362. The zero-order valence-corrected chi connectivity index (χ0v) is 15.3. The van der Waals surface area contributed by atoms with E-state index >= 15 is 0 Å². The summed E-state index contributed by atoms with van der Waals surface area (Å²) in [5, 5.41) is 2.94. The quantitative estimate of drug-likeness (QED) is 0.807. The molecule has 4 heterocycles. The zero-order valence-electron chi connectivity index (χ0n) is 15.3. The molecule has 2 saturated heterocycles. The summed E-state index contributed by atoms with van der Waals surface area (Å²) in [6, 6.07) is 5.72. The maximum atomic E-state index is 13.2. The Bertz CT molecular complexity index is 851. The van der Waals surface area contributed by atoms with E-state index in [1.54, 1.807) is 4.90 Å².